The van der Waals surface area contributed by atoms with Gasteiger partial charge in [0, 0.05) is 13.1 Å². The molecule has 2 N–H and O–H groups in total. The fraction of sp³-hybridized carbons (Fsp3) is 0.433. The van der Waals surface area contributed by atoms with E-state index >= 15 is 0 Å². The number of alkyl carbamates (subject to hydrolysis) is 1. The van der Waals surface area contributed by atoms with Crippen LogP contribution in [0.4, 0.5) is 4.79 Å². The standard InChI is InChI=1S/C30H40N6O6/c1-29(2,3)42-28(39)32-18-26(37)36(19-22-12-14-24(40-6)15-13-22)30(4,5)27(38)31-16-17-35-20-23(33-34-35)21-41-25-10-8-7-9-11-25/h7-15,20H,16-19,21H2,1-6H3,(H,31,38)(H,32,39). The molecule has 0 atom stereocenters. The van der Waals surface area contributed by atoms with E-state index in [1.54, 1.807) is 64.7 Å². The Labute approximate surface area is 246 Å². The molecule has 0 saturated carbocycles. The maximum Gasteiger partial charge on any atom is 0.408 e. The molecule has 12 heteroatoms. The number of methoxy groups -OCH3 is 1. The van der Waals surface area contributed by atoms with Crippen molar-refractivity contribution in [1.82, 2.24) is 30.5 Å². The van der Waals surface area contributed by atoms with Crippen molar-refractivity contribution in [2.45, 2.75) is 65.5 Å². The minimum Gasteiger partial charge on any atom is -0.497 e. The van der Waals surface area contributed by atoms with Gasteiger partial charge in [-0.3, -0.25) is 14.3 Å². The van der Waals surface area contributed by atoms with Gasteiger partial charge < -0.3 is 29.7 Å². The van der Waals surface area contributed by atoms with Crippen LogP contribution >= 0.6 is 0 Å². The highest BCUT2D eigenvalue weighted by Crippen LogP contribution is 2.21. The number of rotatable bonds is 13. The molecule has 3 aromatic rings. The Morgan fingerprint density at radius 1 is 0.929 bits per heavy atom. The van der Waals surface area contributed by atoms with Crippen molar-refractivity contribution in [2.75, 3.05) is 20.2 Å². The molecule has 0 fully saturated rings. The Morgan fingerprint density at radius 2 is 1.62 bits per heavy atom. The highest BCUT2D eigenvalue weighted by molar-refractivity contribution is 5.92. The number of carbonyl (C=O) groups excluding carboxylic acids is 3. The number of hydrogen-bond acceptors (Lipinski definition) is 8. The normalized spacial score (nSPS) is 11.4. The van der Waals surface area contributed by atoms with Gasteiger partial charge in [0.1, 0.15) is 41.5 Å². The molecule has 0 bridgehead atoms. The number of ether oxygens (including phenoxy) is 3. The summed E-state index contributed by atoms with van der Waals surface area (Å²) < 4.78 is 17.8. The highest BCUT2D eigenvalue weighted by Gasteiger charge is 2.38. The van der Waals surface area contributed by atoms with Crippen LogP contribution in [0.15, 0.2) is 60.8 Å². The molecule has 2 aromatic carbocycles. The molecule has 3 rings (SSSR count). The van der Waals surface area contributed by atoms with E-state index in [9.17, 15) is 14.4 Å². The van der Waals surface area contributed by atoms with E-state index in [4.69, 9.17) is 14.2 Å². The van der Waals surface area contributed by atoms with Crippen LogP contribution in [-0.4, -0.2) is 69.1 Å². The molecule has 0 unspecified atom stereocenters. The van der Waals surface area contributed by atoms with E-state index in [1.165, 1.54) is 4.90 Å². The van der Waals surface area contributed by atoms with Gasteiger partial charge in [0.25, 0.3) is 0 Å². The number of aromatic nitrogens is 3. The van der Waals surface area contributed by atoms with E-state index in [0.717, 1.165) is 11.3 Å². The Hall–Kier alpha value is -4.61. The molecular weight excluding hydrogens is 540 g/mol. The number of carbonyl (C=O) groups is 3. The monoisotopic (exact) mass is 580 g/mol. The van der Waals surface area contributed by atoms with Crippen LogP contribution in [0.25, 0.3) is 0 Å². The third kappa shape index (κ3) is 9.79. The summed E-state index contributed by atoms with van der Waals surface area (Å²) in [6.07, 6.45) is 1.03. The zero-order valence-corrected chi connectivity index (χ0v) is 25.0. The first kappa shape index (κ1) is 31.9. The molecule has 0 spiro atoms. The van der Waals surface area contributed by atoms with E-state index in [2.05, 4.69) is 20.9 Å². The van der Waals surface area contributed by atoms with Gasteiger partial charge in [-0.1, -0.05) is 35.5 Å². The lowest BCUT2D eigenvalue weighted by Crippen LogP contribution is -2.58. The highest BCUT2D eigenvalue weighted by atomic mass is 16.6. The zero-order valence-electron chi connectivity index (χ0n) is 25.0. The largest absolute Gasteiger partial charge is 0.497 e. The van der Waals surface area contributed by atoms with Crippen molar-refractivity contribution in [3.8, 4) is 11.5 Å². The summed E-state index contributed by atoms with van der Waals surface area (Å²) in [6, 6.07) is 16.6. The van der Waals surface area contributed by atoms with E-state index in [-0.39, 0.29) is 32.1 Å². The quantitative estimate of drug-likeness (QED) is 0.314. The van der Waals surface area contributed by atoms with Crippen LogP contribution in [0.1, 0.15) is 45.9 Å². The van der Waals surface area contributed by atoms with E-state index in [0.29, 0.717) is 18.0 Å². The summed E-state index contributed by atoms with van der Waals surface area (Å²) in [5, 5.41) is 13.6. The maximum absolute atomic E-state index is 13.4. The molecule has 42 heavy (non-hydrogen) atoms. The lowest BCUT2D eigenvalue weighted by molar-refractivity contribution is -0.146. The molecule has 1 heterocycles. The second kappa shape index (κ2) is 14.3. The van der Waals surface area contributed by atoms with Crippen molar-refractivity contribution in [1.29, 1.82) is 0 Å². The first-order valence-corrected chi connectivity index (χ1v) is 13.6. The first-order chi connectivity index (χ1) is 19.9. The second-order valence-corrected chi connectivity index (χ2v) is 11.1. The minimum atomic E-state index is -1.26. The van der Waals surface area contributed by atoms with Crippen molar-refractivity contribution < 1.29 is 28.6 Å². The van der Waals surface area contributed by atoms with Crippen molar-refractivity contribution in [2.24, 2.45) is 0 Å². The van der Waals surface area contributed by atoms with Gasteiger partial charge in [-0.25, -0.2) is 4.79 Å². The molecule has 226 valence electrons. The Kier molecular flexibility index (Phi) is 10.9. The molecule has 0 aliphatic carbocycles. The van der Waals surface area contributed by atoms with Crippen LogP contribution in [0.3, 0.4) is 0 Å². The lowest BCUT2D eigenvalue weighted by atomic mass is 9.99. The molecule has 3 amide bonds. The van der Waals surface area contributed by atoms with E-state index in [1.807, 2.05) is 42.5 Å². The maximum atomic E-state index is 13.4. The van der Waals surface area contributed by atoms with Crippen LogP contribution in [-0.2, 0) is 34.0 Å². The van der Waals surface area contributed by atoms with Gasteiger partial charge in [-0.15, -0.1) is 5.10 Å². The third-order valence-electron chi connectivity index (χ3n) is 6.16. The number of nitrogens with one attached hydrogen (secondary N) is 2. The first-order valence-electron chi connectivity index (χ1n) is 13.6. The van der Waals surface area contributed by atoms with Crippen molar-refractivity contribution in [3.05, 3.63) is 72.1 Å². The molecule has 1 aromatic heterocycles. The molecule has 12 nitrogen and oxygen atoms in total. The van der Waals surface area contributed by atoms with Gasteiger partial charge in [-0.2, -0.15) is 0 Å². The zero-order chi connectivity index (χ0) is 30.8. The van der Waals surface area contributed by atoms with Crippen LogP contribution in [0.5, 0.6) is 11.5 Å². The fourth-order valence-corrected chi connectivity index (χ4v) is 3.88. The molecule has 0 aliphatic heterocycles. The SMILES string of the molecule is COc1ccc(CN(C(=O)CNC(=O)OC(C)(C)C)C(C)(C)C(=O)NCCn2cc(COc3ccccc3)nn2)cc1. The van der Waals surface area contributed by atoms with E-state index < -0.39 is 23.1 Å². The molecule has 0 radical (unpaired) electrons. The summed E-state index contributed by atoms with van der Waals surface area (Å²) in [5.74, 6) is 0.588. The van der Waals surface area contributed by atoms with Crippen LogP contribution in [0.2, 0.25) is 0 Å². The number of hydrogen-bond donors (Lipinski definition) is 2. The average molecular weight is 581 g/mol. The van der Waals surface area contributed by atoms with Crippen LogP contribution < -0.4 is 20.1 Å². The smallest absolute Gasteiger partial charge is 0.408 e. The van der Waals surface area contributed by atoms with Gasteiger partial charge in [0.15, 0.2) is 0 Å². The average Bonchev–Trinajstić information content (AvgIpc) is 3.41. The Bertz CT molecular complexity index is 1320. The van der Waals surface area contributed by atoms with Gasteiger partial charge in [0.2, 0.25) is 11.8 Å². The van der Waals surface area contributed by atoms with Gasteiger partial charge in [-0.05, 0) is 64.4 Å². The predicted octanol–water partition coefficient (Wildman–Crippen LogP) is 3.31. The Balaban J connectivity index is 1.62. The van der Waals surface area contributed by atoms with Gasteiger partial charge in [0.05, 0.1) is 19.9 Å². The summed E-state index contributed by atoms with van der Waals surface area (Å²) in [4.78, 5) is 40.3. The number of benzene rings is 2. The Morgan fingerprint density at radius 3 is 2.26 bits per heavy atom. The summed E-state index contributed by atoms with van der Waals surface area (Å²) in [5.41, 5.74) is -0.534. The lowest BCUT2D eigenvalue weighted by Gasteiger charge is -2.37. The predicted molar refractivity (Wildman–Crippen MR) is 156 cm³/mol. The molecule has 0 saturated heterocycles. The second-order valence-electron chi connectivity index (χ2n) is 11.1. The van der Waals surface area contributed by atoms with Crippen molar-refractivity contribution in [3.63, 3.8) is 0 Å². The molecule has 0 aliphatic rings. The van der Waals surface area contributed by atoms with Crippen LogP contribution in [0, 0.1) is 0 Å². The number of para-hydroxylation sites is 1. The minimum absolute atomic E-state index is 0.132. The topological polar surface area (TPSA) is 137 Å². The molecular formula is C30H40N6O6. The third-order valence-corrected chi connectivity index (χ3v) is 6.16. The number of nitrogens with zero attached hydrogens (tertiary/aromatic N) is 4. The van der Waals surface area contributed by atoms with Crippen molar-refractivity contribution >= 4 is 17.9 Å². The number of amides is 3. The fourth-order valence-electron chi connectivity index (χ4n) is 3.88. The summed E-state index contributed by atoms with van der Waals surface area (Å²) in [6.45, 7) is 9.20. The summed E-state index contributed by atoms with van der Waals surface area (Å²) in [7, 11) is 1.57. The van der Waals surface area contributed by atoms with Gasteiger partial charge >= 0.3 is 6.09 Å². The summed E-state index contributed by atoms with van der Waals surface area (Å²) >= 11 is 0.